The lowest BCUT2D eigenvalue weighted by Gasteiger charge is -2.05. The average molecular weight is 315 g/mol. The van der Waals surface area contributed by atoms with Crippen molar-refractivity contribution >= 4 is 23.7 Å². The molecule has 0 bridgehead atoms. The molecule has 0 aromatic heterocycles. The Balaban J connectivity index is 2.10. The maximum absolute atomic E-state index is 11.9. The zero-order chi connectivity index (χ0) is 15.9. The van der Waals surface area contributed by atoms with E-state index in [1.807, 2.05) is 0 Å². The van der Waals surface area contributed by atoms with Crippen molar-refractivity contribution in [2.45, 2.75) is 6.42 Å². The molecule has 4 nitrogen and oxygen atoms in total. The molecule has 2 N–H and O–H groups in total. The highest BCUT2D eigenvalue weighted by Gasteiger charge is 2.08. The quantitative estimate of drug-likeness (QED) is 0.504. The van der Waals surface area contributed by atoms with Gasteiger partial charge in [-0.05, 0) is 30.2 Å². The topological polar surface area (TPSA) is 61.7 Å². The third-order valence-corrected chi connectivity index (χ3v) is 3.33. The molecule has 0 heterocycles. The zero-order valence-electron chi connectivity index (χ0n) is 11.8. The van der Waals surface area contributed by atoms with Gasteiger partial charge in [0.2, 0.25) is 0 Å². The molecule has 5 heteroatoms. The van der Waals surface area contributed by atoms with Crippen LogP contribution in [0.25, 0.3) is 0 Å². The van der Waals surface area contributed by atoms with E-state index in [4.69, 9.17) is 11.6 Å². The highest BCUT2D eigenvalue weighted by Crippen LogP contribution is 2.21. The largest absolute Gasteiger partial charge is 0.507 e. The Bertz CT molecular complexity index is 726. The molecule has 0 saturated carbocycles. The number of rotatable bonds is 5. The van der Waals surface area contributed by atoms with Crippen LogP contribution in [0.2, 0.25) is 5.02 Å². The second-order valence-electron chi connectivity index (χ2n) is 4.53. The number of phenols is 1. The van der Waals surface area contributed by atoms with E-state index in [9.17, 15) is 9.90 Å². The maximum Gasteiger partial charge on any atom is 0.272 e. The number of para-hydroxylation sites is 1. The molecule has 2 aromatic rings. The predicted molar refractivity (Wildman–Crippen MR) is 88.5 cm³/mol. The van der Waals surface area contributed by atoms with Gasteiger partial charge in [0.1, 0.15) is 5.75 Å². The predicted octanol–water partition coefficient (Wildman–Crippen LogP) is 3.54. The van der Waals surface area contributed by atoms with Gasteiger partial charge in [-0.3, -0.25) is 4.79 Å². The van der Waals surface area contributed by atoms with Gasteiger partial charge in [0.05, 0.1) is 16.8 Å². The monoisotopic (exact) mass is 314 g/mol. The summed E-state index contributed by atoms with van der Waals surface area (Å²) in [6.45, 7) is 3.64. The first kappa shape index (κ1) is 15.8. The minimum Gasteiger partial charge on any atom is -0.507 e. The van der Waals surface area contributed by atoms with Crippen LogP contribution >= 0.6 is 11.6 Å². The van der Waals surface area contributed by atoms with E-state index < -0.39 is 5.91 Å². The van der Waals surface area contributed by atoms with Crippen LogP contribution in [0, 0.1) is 0 Å². The summed E-state index contributed by atoms with van der Waals surface area (Å²) in [4.78, 5) is 11.9. The summed E-state index contributed by atoms with van der Waals surface area (Å²) in [6.07, 6.45) is 3.64. The Kier molecular flexibility index (Phi) is 5.33. The molecule has 2 rings (SSSR count). The Morgan fingerprint density at radius 2 is 2.05 bits per heavy atom. The van der Waals surface area contributed by atoms with Gasteiger partial charge in [-0.25, -0.2) is 5.43 Å². The highest BCUT2D eigenvalue weighted by atomic mass is 35.5. The summed E-state index contributed by atoms with van der Waals surface area (Å²) in [5.41, 5.74) is 3.98. The van der Waals surface area contributed by atoms with Crippen molar-refractivity contribution in [3.05, 3.63) is 76.8 Å². The number of hydrogen-bond acceptors (Lipinski definition) is 3. The van der Waals surface area contributed by atoms with Crippen molar-refractivity contribution in [1.29, 1.82) is 0 Å². The molecule has 0 aliphatic heterocycles. The van der Waals surface area contributed by atoms with Gasteiger partial charge in [-0.2, -0.15) is 5.10 Å². The lowest BCUT2D eigenvalue weighted by molar-refractivity contribution is 0.0955. The molecule has 0 spiro atoms. The van der Waals surface area contributed by atoms with Crippen molar-refractivity contribution in [2.24, 2.45) is 5.10 Å². The van der Waals surface area contributed by atoms with E-state index in [0.717, 1.165) is 5.56 Å². The highest BCUT2D eigenvalue weighted by molar-refractivity contribution is 6.33. The Morgan fingerprint density at radius 3 is 2.77 bits per heavy atom. The number of nitrogens with one attached hydrogen (secondary N) is 1. The van der Waals surface area contributed by atoms with Crippen molar-refractivity contribution in [3.63, 3.8) is 0 Å². The molecule has 0 fully saturated rings. The van der Waals surface area contributed by atoms with Crippen LogP contribution in [0.1, 0.15) is 21.5 Å². The first-order valence-corrected chi connectivity index (χ1v) is 7.01. The number of phenolic OH excluding ortho intramolecular Hbond substituents is 1. The second-order valence-corrected chi connectivity index (χ2v) is 4.93. The molecular formula is C17H15ClN2O2. The van der Waals surface area contributed by atoms with E-state index in [2.05, 4.69) is 17.1 Å². The zero-order valence-corrected chi connectivity index (χ0v) is 12.5. The van der Waals surface area contributed by atoms with Crippen molar-refractivity contribution in [3.8, 4) is 5.75 Å². The second kappa shape index (κ2) is 7.43. The van der Waals surface area contributed by atoms with Crippen LogP contribution in [0.3, 0.4) is 0 Å². The fourth-order valence-corrected chi connectivity index (χ4v) is 2.12. The molecule has 22 heavy (non-hydrogen) atoms. The number of hydrogen-bond donors (Lipinski definition) is 2. The Labute approximate surface area is 133 Å². The number of nitrogens with zero attached hydrogens (tertiary/aromatic N) is 1. The number of benzene rings is 2. The van der Waals surface area contributed by atoms with Crippen LogP contribution in [0.5, 0.6) is 5.75 Å². The molecule has 1 amide bonds. The van der Waals surface area contributed by atoms with Crippen LogP contribution < -0.4 is 5.43 Å². The van der Waals surface area contributed by atoms with Crippen LogP contribution in [0.15, 0.2) is 60.2 Å². The normalized spacial score (nSPS) is 10.6. The Hall–Kier alpha value is -2.59. The first-order chi connectivity index (χ1) is 10.6. The van der Waals surface area contributed by atoms with Gasteiger partial charge in [0.15, 0.2) is 0 Å². The summed E-state index contributed by atoms with van der Waals surface area (Å²) in [6, 6.07) is 12.0. The van der Waals surface area contributed by atoms with Gasteiger partial charge in [0.25, 0.3) is 5.91 Å². The molecular weight excluding hydrogens is 300 g/mol. The van der Waals surface area contributed by atoms with Crippen molar-refractivity contribution in [2.75, 3.05) is 0 Å². The standard InChI is InChI=1S/C17H15ClN2O2/c1-2-6-12-7-5-8-13(16(12)21)11-19-20-17(22)14-9-3-4-10-15(14)18/h2-5,7-11,21H,1,6H2,(H,20,22)/b19-11+. The van der Waals surface area contributed by atoms with Gasteiger partial charge < -0.3 is 5.11 Å². The van der Waals surface area contributed by atoms with Gasteiger partial charge in [-0.1, -0.05) is 41.9 Å². The fraction of sp³-hybridized carbons (Fsp3) is 0.0588. The van der Waals surface area contributed by atoms with E-state index in [-0.39, 0.29) is 5.75 Å². The SMILES string of the molecule is C=CCc1cccc(/C=N/NC(=O)c2ccccc2Cl)c1O. The fourth-order valence-electron chi connectivity index (χ4n) is 1.90. The summed E-state index contributed by atoms with van der Waals surface area (Å²) in [7, 11) is 0. The van der Waals surface area contributed by atoms with Crippen molar-refractivity contribution < 1.29 is 9.90 Å². The molecule has 112 valence electrons. The summed E-state index contributed by atoms with van der Waals surface area (Å²) in [5.74, 6) is -0.290. The number of amides is 1. The number of carbonyl (C=O) groups is 1. The lowest BCUT2D eigenvalue weighted by atomic mass is 10.1. The van der Waals surface area contributed by atoms with Crippen molar-refractivity contribution in [1.82, 2.24) is 5.43 Å². The lowest BCUT2D eigenvalue weighted by Crippen LogP contribution is -2.17. The molecule has 0 aliphatic rings. The average Bonchev–Trinajstić information content (AvgIpc) is 2.51. The van der Waals surface area contributed by atoms with Crippen LogP contribution in [-0.4, -0.2) is 17.2 Å². The third-order valence-electron chi connectivity index (χ3n) is 3.00. The minimum atomic E-state index is -0.413. The van der Waals surface area contributed by atoms with Crippen LogP contribution in [-0.2, 0) is 6.42 Å². The minimum absolute atomic E-state index is 0.123. The van der Waals surface area contributed by atoms with Gasteiger partial charge in [-0.15, -0.1) is 6.58 Å². The summed E-state index contributed by atoms with van der Waals surface area (Å²) < 4.78 is 0. The molecule has 0 atom stereocenters. The smallest absolute Gasteiger partial charge is 0.272 e. The van der Waals surface area contributed by atoms with E-state index in [0.29, 0.717) is 22.6 Å². The molecule has 0 unspecified atom stereocenters. The molecule has 0 radical (unpaired) electrons. The number of allylic oxidation sites excluding steroid dienone is 1. The maximum atomic E-state index is 11.9. The summed E-state index contributed by atoms with van der Waals surface area (Å²) in [5, 5.41) is 14.3. The number of carbonyl (C=O) groups excluding carboxylic acids is 1. The molecule has 0 saturated heterocycles. The Morgan fingerprint density at radius 1 is 1.27 bits per heavy atom. The van der Waals surface area contributed by atoms with E-state index in [1.165, 1.54) is 6.21 Å². The van der Waals surface area contributed by atoms with E-state index >= 15 is 0 Å². The van der Waals surface area contributed by atoms with E-state index in [1.54, 1.807) is 48.5 Å². The van der Waals surface area contributed by atoms with Gasteiger partial charge >= 0.3 is 0 Å². The van der Waals surface area contributed by atoms with Crippen LogP contribution in [0.4, 0.5) is 0 Å². The van der Waals surface area contributed by atoms with Gasteiger partial charge in [0, 0.05) is 5.56 Å². The number of hydrazone groups is 1. The summed E-state index contributed by atoms with van der Waals surface area (Å²) >= 11 is 5.93. The molecule has 0 aliphatic carbocycles. The molecule has 2 aromatic carbocycles. The first-order valence-electron chi connectivity index (χ1n) is 6.63. The number of halogens is 1. The number of aromatic hydroxyl groups is 1. The third kappa shape index (κ3) is 3.74.